The standard InChI is InChI=1S/C21H21N7O3S2/c1-16-6-8-18(9-7-16)28-21(23-24-25-28)32-15-20(29)26-10-12-27(13-11-26)33(30,31)19-5-3-2-4-17(19)14-22/h2-9H,10-13,15H2,1H3. The molecule has 1 saturated heterocycles. The predicted molar refractivity (Wildman–Crippen MR) is 121 cm³/mol. The smallest absolute Gasteiger partial charge is 0.244 e. The van der Waals surface area contributed by atoms with Crippen LogP contribution in [-0.2, 0) is 14.8 Å². The Balaban J connectivity index is 1.36. The first-order valence-corrected chi connectivity index (χ1v) is 12.6. The maximum Gasteiger partial charge on any atom is 0.244 e. The molecule has 0 unspecified atom stereocenters. The van der Waals surface area contributed by atoms with Gasteiger partial charge >= 0.3 is 0 Å². The average Bonchev–Trinajstić information content (AvgIpc) is 3.31. The van der Waals surface area contributed by atoms with Gasteiger partial charge < -0.3 is 4.90 Å². The van der Waals surface area contributed by atoms with Crippen LogP contribution in [0.15, 0.2) is 58.6 Å². The van der Waals surface area contributed by atoms with Gasteiger partial charge in [0, 0.05) is 26.2 Å². The van der Waals surface area contributed by atoms with Crippen LogP contribution in [0.2, 0.25) is 0 Å². The van der Waals surface area contributed by atoms with Crippen LogP contribution in [0.1, 0.15) is 11.1 Å². The number of carbonyl (C=O) groups excluding carboxylic acids is 1. The molecule has 0 bridgehead atoms. The van der Waals surface area contributed by atoms with Crippen molar-refractivity contribution < 1.29 is 13.2 Å². The maximum atomic E-state index is 13.0. The van der Waals surface area contributed by atoms with E-state index in [1.54, 1.807) is 21.7 Å². The molecule has 1 aliphatic rings. The van der Waals surface area contributed by atoms with Gasteiger partial charge in [0.2, 0.25) is 21.1 Å². The molecule has 4 rings (SSSR count). The fourth-order valence-electron chi connectivity index (χ4n) is 3.44. The molecule has 1 amide bonds. The number of amides is 1. The number of nitrogens with zero attached hydrogens (tertiary/aromatic N) is 7. The van der Waals surface area contributed by atoms with Gasteiger partial charge in [-0.25, -0.2) is 8.42 Å². The van der Waals surface area contributed by atoms with Gasteiger partial charge in [0.25, 0.3) is 0 Å². The molecule has 2 aromatic carbocycles. The zero-order chi connectivity index (χ0) is 23.4. The van der Waals surface area contributed by atoms with E-state index >= 15 is 0 Å². The van der Waals surface area contributed by atoms with Crippen LogP contribution in [0.3, 0.4) is 0 Å². The van der Waals surface area contributed by atoms with Gasteiger partial charge in [0.05, 0.1) is 21.9 Å². The van der Waals surface area contributed by atoms with Gasteiger partial charge in [0.1, 0.15) is 6.07 Å². The first-order chi connectivity index (χ1) is 15.9. The molecular formula is C21H21N7O3S2. The van der Waals surface area contributed by atoms with Crippen molar-refractivity contribution >= 4 is 27.7 Å². The van der Waals surface area contributed by atoms with Crippen LogP contribution in [0, 0.1) is 18.3 Å². The first-order valence-electron chi connectivity index (χ1n) is 10.2. The van der Waals surface area contributed by atoms with Crippen LogP contribution < -0.4 is 0 Å². The quantitative estimate of drug-likeness (QED) is 0.483. The van der Waals surface area contributed by atoms with E-state index in [1.807, 2.05) is 37.3 Å². The second kappa shape index (κ2) is 9.70. The number of sulfonamides is 1. The summed E-state index contributed by atoms with van der Waals surface area (Å²) in [6.07, 6.45) is 0. The number of hydrogen-bond acceptors (Lipinski definition) is 8. The van der Waals surface area contributed by atoms with E-state index in [9.17, 15) is 18.5 Å². The Morgan fingerprint density at radius 3 is 2.48 bits per heavy atom. The molecule has 1 fully saturated rings. The number of benzene rings is 2. The Bertz CT molecular complexity index is 1290. The van der Waals surface area contributed by atoms with Crippen molar-refractivity contribution in [2.75, 3.05) is 31.9 Å². The Kier molecular flexibility index (Phi) is 6.73. The van der Waals surface area contributed by atoms with E-state index in [4.69, 9.17) is 0 Å². The number of hydrogen-bond donors (Lipinski definition) is 0. The fraction of sp³-hybridized carbons (Fsp3) is 0.286. The molecule has 10 nitrogen and oxygen atoms in total. The molecule has 170 valence electrons. The largest absolute Gasteiger partial charge is 0.339 e. The Hall–Kier alpha value is -3.27. The third-order valence-corrected chi connectivity index (χ3v) is 8.12. The number of aromatic nitrogens is 4. The lowest BCUT2D eigenvalue weighted by atomic mass is 10.2. The van der Waals surface area contributed by atoms with Crippen LogP contribution in [0.4, 0.5) is 0 Å². The van der Waals surface area contributed by atoms with E-state index < -0.39 is 10.0 Å². The predicted octanol–water partition coefficient (Wildman–Crippen LogP) is 1.47. The lowest BCUT2D eigenvalue weighted by Gasteiger charge is -2.34. The Morgan fingerprint density at radius 1 is 1.09 bits per heavy atom. The van der Waals surface area contributed by atoms with Gasteiger partial charge in [-0.2, -0.15) is 14.2 Å². The number of piperazine rings is 1. The summed E-state index contributed by atoms with van der Waals surface area (Å²) < 4.78 is 28.8. The summed E-state index contributed by atoms with van der Waals surface area (Å²) in [5.74, 6) is 0.0175. The van der Waals surface area contributed by atoms with E-state index in [0.29, 0.717) is 5.16 Å². The fourth-order valence-corrected chi connectivity index (χ4v) is 5.79. The molecule has 0 aliphatic carbocycles. The molecule has 2 heterocycles. The first kappa shape index (κ1) is 22.9. The molecule has 3 aromatic rings. The number of carbonyl (C=O) groups is 1. The zero-order valence-electron chi connectivity index (χ0n) is 17.8. The highest BCUT2D eigenvalue weighted by atomic mass is 32.2. The highest BCUT2D eigenvalue weighted by molar-refractivity contribution is 7.99. The summed E-state index contributed by atoms with van der Waals surface area (Å²) >= 11 is 1.23. The normalized spacial score (nSPS) is 14.7. The molecule has 0 saturated carbocycles. The number of aryl methyl sites for hydroxylation is 1. The number of thioether (sulfide) groups is 1. The number of nitriles is 1. The summed E-state index contributed by atoms with van der Waals surface area (Å²) in [6.45, 7) is 2.87. The molecule has 0 spiro atoms. The Labute approximate surface area is 195 Å². The lowest BCUT2D eigenvalue weighted by Crippen LogP contribution is -2.51. The van der Waals surface area contributed by atoms with Gasteiger partial charge in [-0.05, 0) is 41.6 Å². The van der Waals surface area contributed by atoms with Crippen molar-refractivity contribution in [2.24, 2.45) is 0 Å². The van der Waals surface area contributed by atoms with Crippen LogP contribution in [-0.4, -0.2) is 75.7 Å². The Morgan fingerprint density at radius 2 is 1.79 bits per heavy atom. The number of rotatable bonds is 6. The molecule has 1 aliphatic heterocycles. The van der Waals surface area contributed by atoms with Crippen molar-refractivity contribution in [3.8, 4) is 11.8 Å². The molecule has 0 radical (unpaired) electrons. The highest BCUT2D eigenvalue weighted by Gasteiger charge is 2.31. The van der Waals surface area contributed by atoms with E-state index in [2.05, 4.69) is 15.5 Å². The average molecular weight is 484 g/mol. The van der Waals surface area contributed by atoms with Crippen molar-refractivity contribution in [2.45, 2.75) is 17.0 Å². The van der Waals surface area contributed by atoms with Crippen LogP contribution >= 0.6 is 11.8 Å². The van der Waals surface area contributed by atoms with E-state index in [0.717, 1.165) is 11.3 Å². The molecular weight excluding hydrogens is 462 g/mol. The highest BCUT2D eigenvalue weighted by Crippen LogP contribution is 2.22. The van der Waals surface area contributed by atoms with Crippen LogP contribution in [0.25, 0.3) is 5.69 Å². The maximum absolute atomic E-state index is 13.0. The van der Waals surface area contributed by atoms with Crippen molar-refractivity contribution in [3.05, 3.63) is 59.7 Å². The summed E-state index contributed by atoms with van der Waals surface area (Å²) in [4.78, 5) is 14.4. The minimum Gasteiger partial charge on any atom is -0.339 e. The van der Waals surface area contributed by atoms with Crippen molar-refractivity contribution in [3.63, 3.8) is 0 Å². The SMILES string of the molecule is Cc1ccc(-n2nnnc2SCC(=O)N2CCN(S(=O)(=O)c3ccccc3C#N)CC2)cc1. The topological polar surface area (TPSA) is 125 Å². The van der Waals surface area contributed by atoms with Gasteiger partial charge in [0.15, 0.2) is 0 Å². The van der Waals surface area contributed by atoms with E-state index in [-0.39, 0.29) is 48.3 Å². The second-order valence-corrected chi connectivity index (χ2v) is 10.2. The van der Waals surface area contributed by atoms with Crippen molar-refractivity contribution in [1.29, 1.82) is 5.26 Å². The summed E-state index contributed by atoms with van der Waals surface area (Å²) in [6, 6.07) is 15.8. The lowest BCUT2D eigenvalue weighted by molar-refractivity contribution is -0.129. The van der Waals surface area contributed by atoms with Gasteiger partial charge in [-0.3, -0.25) is 4.79 Å². The van der Waals surface area contributed by atoms with Gasteiger partial charge in [-0.15, -0.1) is 5.10 Å². The monoisotopic (exact) mass is 483 g/mol. The zero-order valence-corrected chi connectivity index (χ0v) is 19.5. The number of tetrazole rings is 1. The van der Waals surface area contributed by atoms with E-state index in [1.165, 1.54) is 28.2 Å². The molecule has 0 atom stereocenters. The molecule has 0 N–H and O–H groups in total. The molecule has 12 heteroatoms. The third kappa shape index (κ3) is 4.90. The summed E-state index contributed by atoms with van der Waals surface area (Å²) in [5, 5.41) is 21.5. The van der Waals surface area contributed by atoms with Crippen molar-refractivity contribution in [1.82, 2.24) is 29.4 Å². The van der Waals surface area contributed by atoms with Gasteiger partial charge in [-0.1, -0.05) is 41.6 Å². The summed E-state index contributed by atoms with van der Waals surface area (Å²) in [5.41, 5.74) is 2.03. The molecule has 1 aromatic heterocycles. The molecule has 33 heavy (non-hydrogen) atoms. The minimum atomic E-state index is -3.80. The second-order valence-electron chi connectivity index (χ2n) is 7.39. The minimum absolute atomic E-state index is 0.00854. The summed E-state index contributed by atoms with van der Waals surface area (Å²) in [7, 11) is -3.80. The third-order valence-electron chi connectivity index (χ3n) is 5.26. The van der Waals surface area contributed by atoms with Crippen LogP contribution in [0.5, 0.6) is 0 Å².